The molecule has 0 radical (unpaired) electrons. The summed E-state index contributed by atoms with van der Waals surface area (Å²) in [5, 5.41) is 30.8. The Morgan fingerprint density at radius 3 is 1.76 bits per heavy atom. The normalized spacial score (nSPS) is 10.6. The number of phenols is 1. The Kier molecular flexibility index (Phi) is 6.38. The zero-order valence-electron chi connectivity index (χ0n) is 18.5. The zero-order valence-corrected chi connectivity index (χ0v) is 18.5. The Bertz CT molecular complexity index is 1260. The van der Waals surface area contributed by atoms with E-state index in [0.29, 0.717) is 5.75 Å². The quantitative estimate of drug-likeness (QED) is 0.458. The first-order chi connectivity index (χ1) is 15.7. The number of aromatic hydroxyl groups is 1. The van der Waals surface area contributed by atoms with Crippen LogP contribution in [0.15, 0.2) is 24.3 Å². The second kappa shape index (κ2) is 9.03. The molecular weight excluding hydrogens is 436 g/mol. The Balaban J connectivity index is 2.70. The van der Waals surface area contributed by atoms with Gasteiger partial charge in [-0.3, -0.25) is 0 Å². The van der Waals surface area contributed by atoms with Crippen molar-refractivity contribution >= 4 is 22.7 Å². The number of fused-ring (bicyclic) bond motifs is 1. The molecule has 3 aromatic carbocycles. The van der Waals surface area contributed by atoms with Crippen molar-refractivity contribution in [2.45, 2.75) is 0 Å². The van der Waals surface area contributed by atoms with Gasteiger partial charge in [0.25, 0.3) is 0 Å². The number of aromatic carboxylic acids is 2. The number of carbonyl (C=O) groups is 2. The number of methoxy groups -OCH3 is 5. The zero-order chi connectivity index (χ0) is 24.4. The number of hydrogen-bond acceptors (Lipinski definition) is 8. The van der Waals surface area contributed by atoms with Crippen molar-refractivity contribution in [3.8, 4) is 45.6 Å². The molecule has 0 saturated heterocycles. The van der Waals surface area contributed by atoms with Crippen molar-refractivity contribution in [3.63, 3.8) is 0 Å². The predicted molar refractivity (Wildman–Crippen MR) is 118 cm³/mol. The van der Waals surface area contributed by atoms with Gasteiger partial charge in [-0.05, 0) is 23.8 Å². The molecule has 174 valence electrons. The van der Waals surface area contributed by atoms with E-state index < -0.39 is 28.8 Å². The number of carboxylic acid groups (broad SMARTS) is 2. The van der Waals surface area contributed by atoms with E-state index in [1.807, 2.05) is 0 Å². The summed E-state index contributed by atoms with van der Waals surface area (Å²) in [6.45, 7) is 0. The molecule has 3 aromatic rings. The van der Waals surface area contributed by atoms with Gasteiger partial charge in [-0.25, -0.2) is 9.59 Å². The Hall–Kier alpha value is -4.34. The van der Waals surface area contributed by atoms with Crippen LogP contribution in [0.1, 0.15) is 20.7 Å². The average Bonchev–Trinajstić information content (AvgIpc) is 2.81. The minimum Gasteiger partial charge on any atom is -0.506 e. The van der Waals surface area contributed by atoms with Crippen molar-refractivity contribution in [2.24, 2.45) is 0 Å². The number of ether oxygens (including phenoxy) is 5. The monoisotopic (exact) mass is 458 g/mol. The molecule has 0 heterocycles. The van der Waals surface area contributed by atoms with Crippen LogP contribution in [0.3, 0.4) is 0 Å². The molecule has 33 heavy (non-hydrogen) atoms. The molecule has 0 aliphatic rings. The number of hydrogen-bond donors (Lipinski definition) is 3. The minimum atomic E-state index is -1.62. The fourth-order valence-corrected chi connectivity index (χ4v) is 3.80. The highest BCUT2D eigenvalue weighted by Gasteiger charge is 2.32. The Labute approximate surface area is 188 Å². The lowest BCUT2D eigenvalue weighted by atomic mass is 9.87. The van der Waals surface area contributed by atoms with Crippen molar-refractivity contribution in [3.05, 3.63) is 35.4 Å². The third-order valence-electron chi connectivity index (χ3n) is 5.17. The molecule has 0 unspecified atom stereocenters. The topological polar surface area (TPSA) is 141 Å². The Morgan fingerprint density at radius 1 is 0.697 bits per heavy atom. The summed E-state index contributed by atoms with van der Waals surface area (Å²) >= 11 is 0. The summed E-state index contributed by atoms with van der Waals surface area (Å²) in [6, 6.07) is 5.95. The van der Waals surface area contributed by atoms with Crippen LogP contribution in [0.25, 0.3) is 21.9 Å². The molecule has 0 saturated carbocycles. The lowest BCUT2D eigenvalue weighted by Gasteiger charge is -2.21. The van der Waals surface area contributed by atoms with Gasteiger partial charge in [0.05, 0.1) is 41.1 Å². The molecule has 0 spiro atoms. The van der Waals surface area contributed by atoms with E-state index in [4.69, 9.17) is 23.7 Å². The van der Waals surface area contributed by atoms with Gasteiger partial charge in [0.15, 0.2) is 23.0 Å². The van der Waals surface area contributed by atoms with Gasteiger partial charge in [-0.2, -0.15) is 0 Å². The number of carboxylic acids is 2. The van der Waals surface area contributed by atoms with Gasteiger partial charge in [0.2, 0.25) is 5.75 Å². The van der Waals surface area contributed by atoms with Crippen LogP contribution in [0.2, 0.25) is 0 Å². The summed E-state index contributed by atoms with van der Waals surface area (Å²) in [5.41, 5.74) is -1.16. The van der Waals surface area contributed by atoms with E-state index in [9.17, 15) is 24.9 Å². The van der Waals surface area contributed by atoms with Gasteiger partial charge in [-0.1, -0.05) is 6.07 Å². The number of rotatable bonds is 8. The minimum absolute atomic E-state index is 0.00307. The molecule has 0 aromatic heterocycles. The molecule has 10 nitrogen and oxygen atoms in total. The van der Waals surface area contributed by atoms with E-state index in [0.717, 1.165) is 0 Å². The maximum absolute atomic E-state index is 12.3. The van der Waals surface area contributed by atoms with Crippen LogP contribution < -0.4 is 23.7 Å². The second-order valence-corrected chi connectivity index (χ2v) is 6.72. The molecule has 0 fully saturated rings. The molecule has 3 N–H and O–H groups in total. The molecule has 0 atom stereocenters. The Morgan fingerprint density at radius 2 is 1.27 bits per heavy atom. The molecule has 3 rings (SSSR count). The number of benzene rings is 3. The van der Waals surface area contributed by atoms with E-state index in [2.05, 4.69) is 0 Å². The lowest BCUT2D eigenvalue weighted by Crippen LogP contribution is -2.12. The fourth-order valence-electron chi connectivity index (χ4n) is 3.80. The van der Waals surface area contributed by atoms with Crippen LogP contribution in [0.5, 0.6) is 34.5 Å². The van der Waals surface area contributed by atoms with Gasteiger partial charge < -0.3 is 39.0 Å². The maximum Gasteiger partial charge on any atom is 0.340 e. The van der Waals surface area contributed by atoms with Gasteiger partial charge >= 0.3 is 11.9 Å². The van der Waals surface area contributed by atoms with E-state index >= 15 is 0 Å². The third-order valence-corrected chi connectivity index (χ3v) is 5.17. The average molecular weight is 458 g/mol. The molecule has 0 aliphatic heterocycles. The van der Waals surface area contributed by atoms with Crippen LogP contribution in [0.4, 0.5) is 0 Å². The summed E-state index contributed by atoms with van der Waals surface area (Å²) in [5.74, 6) is -2.95. The molecule has 10 heteroatoms. The summed E-state index contributed by atoms with van der Waals surface area (Å²) < 4.78 is 26.9. The molecule has 0 aliphatic carbocycles. The highest BCUT2D eigenvalue weighted by atomic mass is 16.5. The summed E-state index contributed by atoms with van der Waals surface area (Å²) in [6.07, 6.45) is 0. The van der Waals surface area contributed by atoms with Gasteiger partial charge in [-0.15, -0.1) is 0 Å². The molecule has 0 bridgehead atoms. The standard InChI is InChI=1S/C23H22O10/c1-29-12-7-6-10(8-13(12)30-2)15-16-11(9-14(31-3)20(32-4)21(16)33-5)19(24)18(23(27)28)17(15)22(25)26/h6-9,24H,1-5H3,(H,25,26)(H,27,28). The van der Waals surface area contributed by atoms with E-state index in [1.54, 1.807) is 12.1 Å². The second-order valence-electron chi connectivity index (χ2n) is 6.72. The first kappa shape index (κ1) is 23.3. The van der Waals surface area contributed by atoms with E-state index in [1.165, 1.54) is 47.7 Å². The SMILES string of the molecule is COc1ccc(-c2c(C(=O)O)c(C(=O)O)c(O)c3cc(OC)c(OC)c(OC)c23)cc1OC. The smallest absolute Gasteiger partial charge is 0.340 e. The first-order valence-corrected chi connectivity index (χ1v) is 9.46. The lowest BCUT2D eigenvalue weighted by molar-refractivity contribution is 0.0649. The highest BCUT2D eigenvalue weighted by Crippen LogP contribution is 2.52. The maximum atomic E-state index is 12.3. The highest BCUT2D eigenvalue weighted by molar-refractivity contribution is 6.20. The largest absolute Gasteiger partial charge is 0.506 e. The van der Waals surface area contributed by atoms with Crippen molar-refractivity contribution < 1.29 is 48.6 Å². The fraction of sp³-hybridized carbons (Fsp3) is 0.217. The summed E-state index contributed by atoms with van der Waals surface area (Å²) in [7, 11) is 6.91. The first-order valence-electron chi connectivity index (χ1n) is 9.46. The summed E-state index contributed by atoms with van der Waals surface area (Å²) in [4.78, 5) is 24.4. The predicted octanol–water partition coefficient (Wildman–Crippen LogP) is 3.65. The molecular formula is C23H22O10. The van der Waals surface area contributed by atoms with Crippen molar-refractivity contribution in [2.75, 3.05) is 35.5 Å². The van der Waals surface area contributed by atoms with Crippen molar-refractivity contribution in [1.82, 2.24) is 0 Å². The van der Waals surface area contributed by atoms with E-state index in [-0.39, 0.29) is 44.9 Å². The molecule has 0 amide bonds. The van der Waals surface area contributed by atoms with Gasteiger partial charge in [0, 0.05) is 16.3 Å². The van der Waals surface area contributed by atoms with Crippen LogP contribution in [-0.2, 0) is 0 Å². The van der Waals surface area contributed by atoms with Crippen LogP contribution >= 0.6 is 0 Å². The third kappa shape index (κ3) is 3.65. The van der Waals surface area contributed by atoms with Crippen molar-refractivity contribution in [1.29, 1.82) is 0 Å². The van der Waals surface area contributed by atoms with Crippen LogP contribution in [-0.4, -0.2) is 62.8 Å². The van der Waals surface area contributed by atoms with Gasteiger partial charge in [0.1, 0.15) is 11.3 Å². The van der Waals surface area contributed by atoms with Crippen LogP contribution in [0, 0.1) is 0 Å².